The molecule has 18 heteroatoms. The molecule has 2 aromatic rings. The number of aromatic nitrogens is 1. The minimum Gasteiger partial charge on any atom is -0.482 e. The average molecular weight is 852 g/mol. The molecule has 3 aliphatic heterocycles. The number of alkyl halides is 3. The molecule has 58 heavy (non-hydrogen) atoms. The van der Waals surface area contributed by atoms with Crippen molar-refractivity contribution in [3.05, 3.63) is 46.6 Å². The predicted octanol–water partition coefficient (Wildman–Crippen LogP) is 6.10. The maximum atomic E-state index is 14.8. The van der Waals surface area contributed by atoms with Crippen LogP contribution in [-0.2, 0) is 41.7 Å². The molecule has 7 rings (SSSR count). The zero-order valence-corrected chi connectivity index (χ0v) is 34.6. The van der Waals surface area contributed by atoms with Gasteiger partial charge in [-0.15, -0.1) is 0 Å². The summed E-state index contributed by atoms with van der Waals surface area (Å²) in [6, 6.07) is 1.77. The van der Waals surface area contributed by atoms with Crippen molar-refractivity contribution in [3.63, 3.8) is 0 Å². The number of benzene rings is 1. The van der Waals surface area contributed by atoms with E-state index in [-0.39, 0.29) is 48.3 Å². The standard InChI is InChI=1S/C40H49ClF3N5O8S/c1-22-17-26-25-18-24(41)13-14-27(25)45-31(40(42,43)44)30(26)56-38(22)20-29-32(50)47-39(34(52)48-58(54,55)37(5)15-16-37)19-23(39)11-9-7-6-8-10-12-28(33(51)49(29)21-38)46-35(53)57-36(2,3)4/h9,11,13-14,18,22-23,28-29H,6-8,10,12,15-17,19-21H2,1-5H3,(H,46,53)(H,47,50)(H,48,52)/b11-9-/t22-,23?,28+,29+,38-,39-/m1/s1. The first-order chi connectivity index (χ1) is 27.0. The number of hydrogen-bond donors (Lipinski definition) is 3. The van der Waals surface area contributed by atoms with Crippen LogP contribution < -0.4 is 20.1 Å². The second-order valence-corrected chi connectivity index (χ2v) is 20.4. The smallest absolute Gasteiger partial charge is 0.437 e. The lowest BCUT2D eigenvalue weighted by molar-refractivity contribution is -0.145. The van der Waals surface area contributed by atoms with Gasteiger partial charge in [0, 0.05) is 34.2 Å². The number of amides is 4. The minimum atomic E-state index is -4.94. The van der Waals surface area contributed by atoms with Gasteiger partial charge in [-0.1, -0.05) is 43.5 Å². The number of carbonyl (C=O) groups excluding carboxylic acids is 4. The summed E-state index contributed by atoms with van der Waals surface area (Å²) in [4.78, 5) is 61.7. The Morgan fingerprint density at radius 3 is 2.50 bits per heavy atom. The summed E-state index contributed by atoms with van der Waals surface area (Å²) in [6.45, 7) is 7.94. The number of rotatable bonds is 4. The number of ether oxygens (including phenoxy) is 2. The maximum absolute atomic E-state index is 14.8. The maximum Gasteiger partial charge on any atom is 0.437 e. The lowest BCUT2D eigenvalue weighted by Crippen LogP contribution is -2.58. The van der Waals surface area contributed by atoms with Crippen LogP contribution in [0.5, 0.6) is 5.75 Å². The van der Waals surface area contributed by atoms with Crippen molar-refractivity contribution in [2.75, 3.05) is 6.54 Å². The van der Waals surface area contributed by atoms with Gasteiger partial charge in [-0.3, -0.25) is 19.1 Å². The second-order valence-electron chi connectivity index (χ2n) is 17.8. The van der Waals surface area contributed by atoms with Gasteiger partial charge in [-0.25, -0.2) is 18.2 Å². The Hall–Kier alpha value is -4.12. The summed E-state index contributed by atoms with van der Waals surface area (Å²) in [5.74, 6) is -4.10. The molecule has 1 saturated heterocycles. The fourth-order valence-corrected chi connectivity index (χ4v) is 9.89. The molecule has 316 valence electrons. The molecule has 3 N–H and O–H groups in total. The number of allylic oxidation sites excluding steroid dienone is 1. The second kappa shape index (κ2) is 14.6. The molecule has 3 fully saturated rings. The van der Waals surface area contributed by atoms with Crippen LogP contribution in [0.15, 0.2) is 30.4 Å². The van der Waals surface area contributed by atoms with Crippen molar-refractivity contribution in [1.29, 1.82) is 0 Å². The molecule has 4 heterocycles. The molecule has 0 bridgehead atoms. The fraction of sp³-hybridized carbons (Fsp3) is 0.625. The van der Waals surface area contributed by atoms with Gasteiger partial charge in [0.05, 0.1) is 16.8 Å². The summed E-state index contributed by atoms with van der Waals surface area (Å²) in [6.07, 6.45) is 1.05. The zero-order chi connectivity index (χ0) is 42.2. The third kappa shape index (κ3) is 7.96. The molecule has 6 atom stereocenters. The molecular weight excluding hydrogens is 803 g/mol. The van der Waals surface area contributed by atoms with Crippen LogP contribution in [0.2, 0.25) is 5.02 Å². The van der Waals surface area contributed by atoms with Crippen molar-refractivity contribution in [3.8, 4) is 5.75 Å². The first-order valence-corrected chi connectivity index (χ1v) is 21.6. The molecule has 0 radical (unpaired) electrons. The van der Waals surface area contributed by atoms with E-state index < -0.39 is 96.9 Å². The van der Waals surface area contributed by atoms with E-state index in [0.717, 1.165) is 0 Å². The van der Waals surface area contributed by atoms with Crippen LogP contribution in [0.25, 0.3) is 10.9 Å². The van der Waals surface area contributed by atoms with Crippen LogP contribution >= 0.6 is 11.6 Å². The molecule has 2 aliphatic carbocycles. The molecule has 1 aromatic heterocycles. The number of fused-ring (bicyclic) bond motifs is 5. The Bertz CT molecular complexity index is 2190. The van der Waals surface area contributed by atoms with Gasteiger partial charge < -0.3 is 25.0 Å². The molecule has 4 amide bonds. The summed E-state index contributed by atoms with van der Waals surface area (Å²) in [5, 5.41) is 6.12. The third-order valence-corrected chi connectivity index (χ3v) is 14.6. The Balaban J connectivity index is 1.29. The molecule has 1 spiro atoms. The minimum absolute atomic E-state index is 0.0452. The number of sulfonamides is 1. The molecule has 2 saturated carbocycles. The first kappa shape index (κ1) is 42.0. The van der Waals surface area contributed by atoms with E-state index in [1.807, 2.05) is 6.08 Å². The van der Waals surface area contributed by atoms with Crippen LogP contribution in [0, 0.1) is 11.8 Å². The van der Waals surface area contributed by atoms with E-state index in [0.29, 0.717) is 43.9 Å². The van der Waals surface area contributed by atoms with Crippen LogP contribution in [-0.4, -0.2) is 82.2 Å². The summed E-state index contributed by atoms with van der Waals surface area (Å²) in [5.41, 5.74) is -5.11. The predicted molar refractivity (Wildman–Crippen MR) is 207 cm³/mol. The van der Waals surface area contributed by atoms with Crippen molar-refractivity contribution >= 4 is 56.3 Å². The third-order valence-electron chi connectivity index (χ3n) is 12.2. The SMILES string of the molecule is C[C@@H]1Cc2c(c(C(F)(F)F)nc3ccc(Cl)cc23)O[C@@]12C[C@H]1C(=O)N[C@]3(C(=O)NS(=O)(=O)C4(C)CC4)CC3/C=C\CCCCC[C@H](NC(=O)OC(C)(C)C)C(=O)N1C2. The van der Waals surface area contributed by atoms with Gasteiger partial charge in [0.1, 0.15) is 28.8 Å². The summed E-state index contributed by atoms with van der Waals surface area (Å²) >= 11 is 6.28. The number of carbonyl (C=O) groups is 4. The number of alkyl carbamates (subject to hydrolysis) is 1. The van der Waals surface area contributed by atoms with Gasteiger partial charge >= 0.3 is 12.3 Å². The largest absolute Gasteiger partial charge is 0.482 e. The molecule has 1 aromatic carbocycles. The van der Waals surface area contributed by atoms with Crippen molar-refractivity contribution in [2.45, 2.75) is 139 Å². The molecule has 13 nitrogen and oxygen atoms in total. The van der Waals surface area contributed by atoms with E-state index in [2.05, 4.69) is 20.3 Å². The Morgan fingerprint density at radius 1 is 1.10 bits per heavy atom. The van der Waals surface area contributed by atoms with Crippen molar-refractivity contribution in [2.24, 2.45) is 11.8 Å². The summed E-state index contributed by atoms with van der Waals surface area (Å²) < 4.78 is 83.7. The lowest BCUT2D eigenvalue weighted by Gasteiger charge is -2.42. The van der Waals surface area contributed by atoms with Crippen LogP contribution in [0.3, 0.4) is 0 Å². The van der Waals surface area contributed by atoms with E-state index in [1.54, 1.807) is 33.8 Å². The van der Waals surface area contributed by atoms with E-state index in [9.17, 15) is 40.8 Å². The summed E-state index contributed by atoms with van der Waals surface area (Å²) in [7, 11) is -4.10. The highest BCUT2D eigenvalue weighted by molar-refractivity contribution is 7.91. The van der Waals surface area contributed by atoms with Gasteiger partial charge in [0.15, 0.2) is 11.4 Å². The Kier molecular flexibility index (Phi) is 10.5. The lowest BCUT2D eigenvalue weighted by atomic mass is 9.78. The number of hydrogen-bond acceptors (Lipinski definition) is 9. The van der Waals surface area contributed by atoms with E-state index >= 15 is 0 Å². The fourth-order valence-electron chi connectivity index (χ4n) is 8.40. The molecular formula is C40H49ClF3N5O8S. The number of halogens is 4. The number of nitrogens with zero attached hydrogens (tertiary/aromatic N) is 2. The highest BCUT2D eigenvalue weighted by Gasteiger charge is 2.64. The number of pyridine rings is 1. The molecule has 5 aliphatic rings. The monoisotopic (exact) mass is 851 g/mol. The van der Waals surface area contributed by atoms with Crippen LogP contribution in [0.1, 0.15) is 104 Å². The van der Waals surface area contributed by atoms with Gasteiger partial charge in [-0.2, -0.15) is 13.2 Å². The normalized spacial score (nSPS) is 30.4. The first-order valence-electron chi connectivity index (χ1n) is 19.7. The van der Waals surface area contributed by atoms with Crippen LogP contribution in [0.4, 0.5) is 18.0 Å². The Morgan fingerprint density at radius 2 is 1.83 bits per heavy atom. The van der Waals surface area contributed by atoms with E-state index in [1.165, 1.54) is 30.0 Å². The van der Waals surface area contributed by atoms with Crippen molar-refractivity contribution in [1.82, 2.24) is 25.2 Å². The zero-order valence-electron chi connectivity index (χ0n) is 33.1. The van der Waals surface area contributed by atoms with Gasteiger partial charge in [0.2, 0.25) is 21.8 Å². The van der Waals surface area contributed by atoms with Gasteiger partial charge in [-0.05, 0) is 90.8 Å². The number of nitrogens with one attached hydrogen (secondary N) is 3. The van der Waals surface area contributed by atoms with Gasteiger partial charge in [0.25, 0.3) is 5.91 Å². The molecule has 1 unspecified atom stereocenters. The highest BCUT2D eigenvalue weighted by atomic mass is 35.5. The van der Waals surface area contributed by atoms with E-state index in [4.69, 9.17) is 21.1 Å². The highest BCUT2D eigenvalue weighted by Crippen LogP contribution is 2.52. The van der Waals surface area contributed by atoms with Crippen molar-refractivity contribution < 1.29 is 50.2 Å². The Labute approximate surface area is 340 Å². The quantitative estimate of drug-likeness (QED) is 0.307. The average Bonchev–Trinajstić information content (AvgIpc) is 4.00. The topological polar surface area (TPSA) is 173 Å².